The van der Waals surface area contributed by atoms with Crippen LogP contribution >= 0.6 is 11.3 Å². The maximum Gasteiger partial charge on any atom is 0.253 e. The summed E-state index contributed by atoms with van der Waals surface area (Å²) in [5.74, 6) is 0.655. The molecule has 1 unspecified atom stereocenters. The van der Waals surface area contributed by atoms with Crippen LogP contribution in [0, 0.1) is 12.8 Å². The van der Waals surface area contributed by atoms with Crippen LogP contribution in [-0.4, -0.2) is 31.5 Å². The minimum atomic E-state index is -0.000117. The Labute approximate surface area is 188 Å². The third-order valence-corrected chi connectivity index (χ3v) is 7.18. The fraction of sp³-hybridized carbons (Fsp3) is 0.500. The number of carbonyl (C=O) groups is 1. The molecule has 3 aromatic heterocycles. The lowest BCUT2D eigenvalue weighted by Gasteiger charge is -2.24. The van der Waals surface area contributed by atoms with Gasteiger partial charge in [-0.2, -0.15) is 0 Å². The Balaban J connectivity index is 1.70. The molecule has 31 heavy (non-hydrogen) atoms. The second-order valence-corrected chi connectivity index (χ2v) is 9.41. The second kappa shape index (κ2) is 9.73. The third kappa shape index (κ3) is 4.87. The van der Waals surface area contributed by atoms with Gasteiger partial charge in [-0.05, 0) is 45.1 Å². The van der Waals surface area contributed by atoms with Crippen LogP contribution in [0.25, 0.3) is 22.1 Å². The molecule has 1 aliphatic carbocycles. The highest BCUT2D eigenvalue weighted by Crippen LogP contribution is 2.33. The van der Waals surface area contributed by atoms with Crippen molar-refractivity contribution in [1.82, 2.24) is 24.8 Å². The first kappa shape index (κ1) is 21.7. The van der Waals surface area contributed by atoms with E-state index in [0.717, 1.165) is 46.3 Å². The first-order chi connectivity index (χ1) is 15.1. The molecule has 1 amide bonds. The number of nitrogens with zero attached hydrogens (tertiary/aromatic N) is 4. The van der Waals surface area contributed by atoms with Crippen molar-refractivity contribution in [3.63, 3.8) is 0 Å². The Hall–Kier alpha value is -2.54. The van der Waals surface area contributed by atoms with Gasteiger partial charge in [0.2, 0.25) is 0 Å². The van der Waals surface area contributed by atoms with Gasteiger partial charge in [0.25, 0.3) is 5.91 Å². The average Bonchev–Trinajstić information content (AvgIpc) is 3.40. The van der Waals surface area contributed by atoms with Crippen molar-refractivity contribution >= 4 is 17.2 Å². The van der Waals surface area contributed by atoms with Crippen molar-refractivity contribution in [2.75, 3.05) is 0 Å². The highest BCUT2D eigenvalue weighted by atomic mass is 32.1. The number of aromatic nitrogens is 4. The summed E-state index contributed by atoms with van der Waals surface area (Å²) in [5.41, 5.74) is 4.46. The van der Waals surface area contributed by atoms with Crippen LogP contribution in [0.4, 0.5) is 0 Å². The molecule has 3 aromatic rings. The number of hydrogen-bond donors (Lipinski definition) is 1. The molecule has 1 N–H and O–H groups in total. The van der Waals surface area contributed by atoms with Crippen LogP contribution in [0.5, 0.6) is 0 Å². The van der Waals surface area contributed by atoms with Crippen LogP contribution in [0.3, 0.4) is 0 Å². The topological polar surface area (TPSA) is 72.7 Å². The Morgan fingerprint density at radius 3 is 2.77 bits per heavy atom. The predicted octanol–water partition coefficient (Wildman–Crippen LogP) is 5.49. The molecule has 0 saturated heterocycles. The van der Waals surface area contributed by atoms with Crippen LogP contribution < -0.4 is 5.32 Å². The number of hydrogen-bond acceptors (Lipinski definition) is 5. The van der Waals surface area contributed by atoms with Crippen molar-refractivity contribution in [3.05, 3.63) is 41.3 Å². The van der Waals surface area contributed by atoms with Crippen LogP contribution in [0.1, 0.15) is 68.4 Å². The molecule has 0 aliphatic heterocycles. The lowest BCUT2D eigenvalue weighted by molar-refractivity contribution is 0.0938. The Kier molecular flexibility index (Phi) is 6.80. The Bertz CT molecular complexity index is 1020. The molecule has 1 aliphatic rings. The summed E-state index contributed by atoms with van der Waals surface area (Å²) in [6.45, 7) is 7.13. The zero-order chi connectivity index (χ0) is 21.8. The number of rotatable bonds is 7. The molecule has 0 radical (unpaired) electrons. The van der Waals surface area contributed by atoms with E-state index in [1.165, 1.54) is 32.1 Å². The minimum Gasteiger partial charge on any atom is -0.350 e. The SMILES string of the molecule is CCC(C)NC(=O)c1cc(-c2csc(-c3cnccn3)n2)n(CC2CCCCC2)c1C. The summed E-state index contributed by atoms with van der Waals surface area (Å²) in [4.78, 5) is 26.4. The van der Waals surface area contributed by atoms with Crippen molar-refractivity contribution in [2.24, 2.45) is 5.92 Å². The number of nitrogens with one attached hydrogen (secondary N) is 1. The van der Waals surface area contributed by atoms with E-state index in [2.05, 4.69) is 39.1 Å². The standard InChI is InChI=1S/C24H31N5OS/c1-4-16(2)27-23(30)19-12-22(29(17(19)3)14-18-8-6-5-7-9-18)21-15-31-24(28-21)20-13-25-10-11-26-20/h10-13,15-16,18H,4-9,14H2,1-3H3,(H,27,30). The summed E-state index contributed by atoms with van der Waals surface area (Å²) in [5, 5.41) is 6.03. The smallest absolute Gasteiger partial charge is 0.253 e. The van der Waals surface area contributed by atoms with Gasteiger partial charge in [-0.15, -0.1) is 11.3 Å². The van der Waals surface area contributed by atoms with Gasteiger partial charge in [-0.1, -0.05) is 26.2 Å². The minimum absolute atomic E-state index is 0.000117. The average molecular weight is 438 g/mol. The summed E-state index contributed by atoms with van der Waals surface area (Å²) in [6.07, 6.45) is 12.5. The van der Waals surface area contributed by atoms with Gasteiger partial charge < -0.3 is 9.88 Å². The molecular weight excluding hydrogens is 406 g/mol. The van der Waals surface area contributed by atoms with Gasteiger partial charge in [-0.3, -0.25) is 14.8 Å². The van der Waals surface area contributed by atoms with Crippen LogP contribution in [0.2, 0.25) is 0 Å². The Morgan fingerprint density at radius 2 is 2.06 bits per heavy atom. The van der Waals surface area contributed by atoms with Gasteiger partial charge in [0.1, 0.15) is 10.7 Å². The highest BCUT2D eigenvalue weighted by Gasteiger charge is 2.24. The van der Waals surface area contributed by atoms with E-state index in [4.69, 9.17) is 4.98 Å². The van der Waals surface area contributed by atoms with Crippen molar-refractivity contribution in [1.29, 1.82) is 0 Å². The number of amides is 1. The van der Waals surface area contributed by atoms with E-state index in [1.807, 2.05) is 13.0 Å². The quantitative estimate of drug-likeness (QED) is 0.531. The summed E-state index contributed by atoms with van der Waals surface area (Å²) < 4.78 is 2.32. The lowest BCUT2D eigenvalue weighted by Crippen LogP contribution is -2.32. The predicted molar refractivity (Wildman–Crippen MR) is 125 cm³/mol. The summed E-state index contributed by atoms with van der Waals surface area (Å²) in [6, 6.07) is 2.17. The van der Waals surface area contributed by atoms with Crippen molar-refractivity contribution < 1.29 is 4.79 Å². The first-order valence-corrected chi connectivity index (χ1v) is 12.2. The molecule has 1 saturated carbocycles. The first-order valence-electron chi connectivity index (χ1n) is 11.3. The van der Waals surface area contributed by atoms with E-state index in [1.54, 1.807) is 29.9 Å². The number of thiazole rings is 1. The fourth-order valence-corrected chi connectivity index (χ4v) is 5.05. The molecule has 164 valence electrons. The van der Waals surface area contributed by atoms with Crippen molar-refractivity contribution in [3.8, 4) is 22.1 Å². The van der Waals surface area contributed by atoms with E-state index in [0.29, 0.717) is 5.92 Å². The highest BCUT2D eigenvalue weighted by molar-refractivity contribution is 7.13. The van der Waals surface area contributed by atoms with Crippen LogP contribution in [0.15, 0.2) is 30.0 Å². The van der Waals surface area contributed by atoms with Crippen molar-refractivity contribution in [2.45, 2.75) is 71.9 Å². The van der Waals surface area contributed by atoms with E-state index in [9.17, 15) is 4.79 Å². The molecule has 3 heterocycles. The summed E-state index contributed by atoms with van der Waals surface area (Å²) >= 11 is 1.56. The fourth-order valence-electron chi connectivity index (χ4n) is 4.27. The lowest BCUT2D eigenvalue weighted by atomic mass is 9.89. The molecule has 6 nitrogen and oxygen atoms in total. The molecular formula is C24H31N5OS. The number of carbonyl (C=O) groups excluding carboxylic acids is 1. The molecule has 0 aromatic carbocycles. The molecule has 1 atom stereocenters. The summed E-state index contributed by atoms with van der Waals surface area (Å²) in [7, 11) is 0. The monoisotopic (exact) mass is 437 g/mol. The van der Waals surface area contributed by atoms with E-state index < -0.39 is 0 Å². The molecule has 0 bridgehead atoms. The molecule has 0 spiro atoms. The largest absolute Gasteiger partial charge is 0.350 e. The maximum absolute atomic E-state index is 13.0. The third-order valence-electron chi connectivity index (χ3n) is 6.32. The second-order valence-electron chi connectivity index (χ2n) is 8.55. The van der Waals surface area contributed by atoms with Gasteiger partial charge in [0.15, 0.2) is 0 Å². The van der Waals surface area contributed by atoms with Gasteiger partial charge in [0, 0.05) is 36.1 Å². The molecule has 4 rings (SSSR count). The maximum atomic E-state index is 13.0. The van der Waals surface area contributed by atoms with E-state index in [-0.39, 0.29) is 11.9 Å². The van der Waals surface area contributed by atoms with E-state index >= 15 is 0 Å². The van der Waals surface area contributed by atoms with Gasteiger partial charge in [0.05, 0.1) is 23.1 Å². The van der Waals surface area contributed by atoms with Crippen LogP contribution in [-0.2, 0) is 6.54 Å². The zero-order valence-corrected chi connectivity index (χ0v) is 19.4. The Morgan fingerprint density at radius 1 is 1.26 bits per heavy atom. The normalized spacial score (nSPS) is 15.7. The zero-order valence-electron chi connectivity index (χ0n) is 18.6. The van der Waals surface area contributed by atoms with Gasteiger partial charge in [-0.25, -0.2) is 4.98 Å². The molecule has 7 heteroatoms. The molecule has 1 fully saturated rings. The van der Waals surface area contributed by atoms with Gasteiger partial charge >= 0.3 is 0 Å².